The first kappa shape index (κ1) is 20.2. The average Bonchev–Trinajstić information content (AvgIpc) is 3.11. The molecule has 1 heterocycles. The Balaban J connectivity index is 1.65. The average molecular weight is 415 g/mol. The molecule has 0 unspecified atom stereocenters. The maximum absolute atomic E-state index is 11.9. The summed E-state index contributed by atoms with van der Waals surface area (Å²) in [6, 6.07) is 8.31. The summed E-state index contributed by atoms with van der Waals surface area (Å²) in [5.41, 5.74) is 0.190. The molecule has 0 spiro atoms. The minimum Gasteiger partial charge on any atom is -0.454 e. The van der Waals surface area contributed by atoms with E-state index in [0.29, 0.717) is 11.6 Å². The Morgan fingerprint density at radius 3 is 2.62 bits per heavy atom. The predicted molar refractivity (Wildman–Crippen MR) is 101 cm³/mol. The van der Waals surface area contributed by atoms with Gasteiger partial charge >= 0.3 is 5.97 Å². The van der Waals surface area contributed by atoms with Crippen LogP contribution < -0.4 is 10.6 Å². The van der Waals surface area contributed by atoms with Gasteiger partial charge in [0.1, 0.15) is 6.54 Å². The molecule has 0 fully saturated rings. The largest absolute Gasteiger partial charge is 0.454 e. The molecule has 0 saturated heterocycles. The summed E-state index contributed by atoms with van der Waals surface area (Å²) < 4.78 is 4.81. The summed E-state index contributed by atoms with van der Waals surface area (Å²) in [4.78, 5) is 36.3. The van der Waals surface area contributed by atoms with E-state index in [9.17, 15) is 14.4 Å². The van der Waals surface area contributed by atoms with Crippen LogP contribution in [0.5, 0.6) is 0 Å². The number of carbonyl (C=O) groups excluding carboxylic acids is 3. The van der Waals surface area contributed by atoms with Gasteiger partial charge in [-0.15, -0.1) is 11.3 Å². The minimum atomic E-state index is -0.725. The lowest BCUT2D eigenvalue weighted by molar-refractivity contribution is -0.147. The van der Waals surface area contributed by atoms with Crippen molar-refractivity contribution in [3.8, 4) is 0 Å². The van der Waals surface area contributed by atoms with E-state index in [1.54, 1.807) is 11.3 Å². The predicted octanol–water partition coefficient (Wildman–Crippen LogP) is 2.69. The van der Waals surface area contributed by atoms with Gasteiger partial charge in [-0.2, -0.15) is 0 Å². The van der Waals surface area contributed by atoms with Crippen molar-refractivity contribution in [1.82, 2.24) is 10.6 Å². The second kappa shape index (κ2) is 10.2. The maximum Gasteiger partial charge on any atom is 0.325 e. The van der Waals surface area contributed by atoms with Gasteiger partial charge in [-0.3, -0.25) is 14.4 Å². The zero-order valence-corrected chi connectivity index (χ0v) is 15.9. The molecule has 0 aliphatic heterocycles. The highest BCUT2D eigenvalue weighted by atomic mass is 35.5. The molecule has 2 aromatic rings. The van der Waals surface area contributed by atoms with Crippen molar-refractivity contribution in [3.05, 3.63) is 56.2 Å². The van der Waals surface area contributed by atoms with Crippen LogP contribution in [-0.4, -0.2) is 37.5 Å². The van der Waals surface area contributed by atoms with Gasteiger partial charge < -0.3 is 15.4 Å². The van der Waals surface area contributed by atoms with E-state index >= 15 is 0 Å². The van der Waals surface area contributed by atoms with Gasteiger partial charge in [0.25, 0.3) is 11.8 Å². The first-order chi connectivity index (χ1) is 12.5. The molecule has 2 N–H and O–H groups in total. The number of benzene rings is 1. The van der Waals surface area contributed by atoms with Crippen LogP contribution in [0.4, 0.5) is 0 Å². The number of hydrogen-bond acceptors (Lipinski definition) is 5. The molecule has 6 nitrogen and oxygen atoms in total. The van der Waals surface area contributed by atoms with Crippen LogP contribution in [-0.2, 0) is 20.7 Å². The topological polar surface area (TPSA) is 84.5 Å². The van der Waals surface area contributed by atoms with Crippen molar-refractivity contribution in [3.63, 3.8) is 0 Å². The molecule has 1 aromatic heterocycles. The second-order valence-electron chi connectivity index (χ2n) is 5.15. The number of hydrogen-bond donors (Lipinski definition) is 2. The first-order valence-corrected chi connectivity index (χ1v) is 9.27. The fourth-order valence-electron chi connectivity index (χ4n) is 1.95. The summed E-state index contributed by atoms with van der Waals surface area (Å²) in [6.07, 6.45) is 0.718. The molecule has 26 heavy (non-hydrogen) atoms. The van der Waals surface area contributed by atoms with Crippen molar-refractivity contribution in [2.75, 3.05) is 19.7 Å². The van der Waals surface area contributed by atoms with Gasteiger partial charge in [-0.1, -0.05) is 29.3 Å². The molecule has 0 aliphatic rings. The second-order valence-corrected chi connectivity index (χ2v) is 7.02. The number of ether oxygens (including phenoxy) is 1. The number of nitrogens with one attached hydrogen (secondary N) is 2. The Morgan fingerprint density at radius 2 is 1.92 bits per heavy atom. The molecule has 1 aromatic carbocycles. The highest BCUT2D eigenvalue weighted by molar-refractivity contribution is 7.09. The van der Waals surface area contributed by atoms with E-state index in [1.165, 1.54) is 18.2 Å². The van der Waals surface area contributed by atoms with E-state index in [4.69, 9.17) is 27.9 Å². The Kier molecular flexibility index (Phi) is 7.90. The summed E-state index contributed by atoms with van der Waals surface area (Å²) in [7, 11) is 0. The van der Waals surface area contributed by atoms with Gasteiger partial charge in [-0.05, 0) is 36.1 Å². The number of halogens is 2. The Hall–Kier alpha value is -2.09. The molecule has 0 bridgehead atoms. The standard InChI is InChI=1S/C17H16Cl2N2O4S/c18-11-3-4-13(14(19)8-11)17(24)21-9-16(23)25-10-15(22)20-6-5-12-2-1-7-26-12/h1-4,7-8H,5-6,9-10H2,(H,20,22)(H,21,24). The van der Waals surface area contributed by atoms with Crippen molar-refractivity contribution in [1.29, 1.82) is 0 Å². The van der Waals surface area contributed by atoms with E-state index in [2.05, 4.69) is 10.6 Å². The van der Waals surface area contributed by atoms with Gasteiger partial charge in [0, 0.05) is 16.4 Å². The summed E-state index contributed by atoms with van der Waals surface area (Å²) in [6.45, 7) is -0.316. The number of thiophene rings is 1. The van der Waals surface area contributed by atoms with Crippen LogP contribution in [0.2, 0.25) is 10.0 Å². The van der Waals surface area contributed by atoms with E-state index in [0.717, 1.165) is 11.3 Å². The third-order valence-electron chi connectivity index (χ3n) is 3.21. The Morgan fingerprint density at radius 1 is 1.12 bits per heavy atom. The number of amides is 2. The van der Waals surface area contributed by atoms with Crippen molar-refractivity contribution < 1.29 is 19.1 Å². The molecule has 0 atom stereocenters. The molecular weight excluding hydrogens is 399 g/mol. The maximum atomic E-state index is 11.9. The lowest BCUT2D eigenvalue weighted by Crippen LogP contribution is -2.34. The molecule has 0 saturated carbocycles. The number of rotatable bonds is 8. The zero-order valence-electron chi connectivity index (χ0n) is 13.6. The molecule has 0 aliphatic carbocycles. The van der Waals surface area contributed by atoms with Crippen molar-refractivity contribution >= 4 is 52.3 Å². The first-order valence-electron chi connectivity index (χ1n) is 7.63. The van der Waals surface area contributed by atoms with Crippen molar-refractivity contribution in [2.24, 2.45) is 0 Å². The van der Waals surface area contributed by atoms with Gasteiger partial charge in [0.2, 0.25) is 0 Å². The van der Waals surface area contributed by atoms with Gasteiger partial charge in [0.15, 0.2) is 6.61 Å². The summed E-state index contributed by atoms with van der Waals surface area (Å²) >= 11 is 13.3. The lowest BCUT2D eigenvalue weighted by atomic mass is 10.2. The third kappa shape index (κ3) is 6.67. The fraction of sp³-hybridized carbons (Fsp3) is 0.235. The number of carbonyl (C=O) groups is 3. The minimum absolute atomic E-state index is 0.175. The van der Waals surface area contributed by atoms with Crippen LogP contribution in [0.25, 0.3) is 0 Å². The van der Waals surface area contributed by atoms with Crippen LogP contribution in [0.1, 0.15) is 15.2 Å². The van der Waals surface area contributed by atoms with Crippen LogP contribution >= 0.6 is 34.5 Å². The van der Waals surface area contributed by atoms with Gasteiger partial charge in [0.05, 0.1) is 10.6 Å². The van der Waals surface area contributed by atoms with E-state index < -0.39 is 24.4 Å². The quantitative estimate of drug-likeness (QED) is 0.650. The molecule has 0 radical (unpaired) electrons. The molecule has 2 rings (SSSR count). The zero-order chi connectivity index (χ0) is 18.9. The lowest BCUT2D eigenvalue weighted by Gasteiger charge is -2.08. The molecule has 2 amide bonds. The third-order valence-corrected chi connectivity index (χ3v) is 4.69. The summed E-state index contributed by atoms with van der Waals surface area (Å²) in [5, 5.41) is 7.56. The smallest absolute Gasteiger partial charge is 0.325 e. The monoisotopic (exact) mass is 414 g/mol. The Bertz CT molecular complexity index is 781. The highest BCUT2D eigenvalue weighted by Gasteiger charge is 2.13. The molecule has 138 valence electrons. The van der Waals surface area contributed by atoms with E-state index in [-0.39, 0.29) is 17.1 Å². The van der Waals surface area contributed by atoms with Crippen LogP contribution in [0.3, 0.4) is 0 Å². The van der Waals surface area contributed by atoms with E-state index in [1.807, 2.05) is 17.5 Å². The summed E-state index contributed by atoms with van der Waals surface area (Å²) in [5.74, 6) is -1.66. The Labute approximate surface area is 164 Å². The van der Waals surface area contributed by atoms with Gasteiger partial charge in [-0.25, -0.2) is 0 Å². The normalized spacial score (nSPS) is 10.2. The highest BCUT2D eigenvalue weighted by Crippen LogP contribution is 2.20. The van der Waals surface area contributed by atoms with Crippen LogP contribution in [0.15, 0.2) is 35.7 Å². The van der Waals surface area contributed by atoms with Crippen molar-refractivity contribution in [2.45, 2.75) is 6.42 Å². The molecule has 9 heteroatoms. The number of esters is 1. The fourth-order valence-corrected chi connectivity index (χ4v) is 3.15. The SMILES string of the molecule is O=C(COC(=O)CNC(=O)c1ccc(Cl)cc1Cl)NCCc1cccs1. The van der Waals surface area contributed by atoms with Crippen LogP contribution in [0, 0.1) is 0 Å². The molecular formula is C17H16Cl2N2O4S.